The van der Waals surface area contributed by atoms with Crippen LogP contribution in [0.25, 0.3) is 12.2 Å². The number of aliphatic hydroxyl groups is 1. The van der Waals surface area contributed by atoms with E-state index in [1.807, 2.05) is 35.2 Å². The number of amides is 1. The number of aryl methyl sites for hydroxylation is 1. The van der Waals surface area contributed by atoms with Crippen molar-refractivity contribution in [2.24, 2.45) is 0 Å². The molecular formula is C25H27NO3. The lowest BCUT2D eigenvalue weighted by molar-refractivity contribution is -0.127. The van der Waals surface area contributed by atoms with Gasteiger partial charge in [0.25, 0.3) is 0 Å². The van der Waals surface area contributed by atoms with E-state index in [1.165, 1.54) is 17.2 Å². The van der Waals surface area contributed by atoms with Gasteiger partial charge in [0.15, 0.2) is 5.78 Å². The first-order valence-electron chi connectivity index (χ1n) is 10.0. The van der Waals surface area contributed by atoms with E-state index in [4.69, 9.17) is 5.11 Å². The third-order valence-corrected chi connectivity index (χ3v) is 5.31. The highest BCUT2D eigenvalue weighted by atomic mass is 16.3. The van der Waals surface area contributed by atoms with Gasteiger partial charge in [0.05, 0.1) is 0 Å². The lowest BCUT2D eigenvalue weighted by Gasteiger charge is -2.33. The van der Waals surface area contributed by atoms with E-state index < -0.39 is 6.61 Å². The number of ketones is 1. The van der Waals surface area contributed by atoms with Gasteiger partial charge in [-0.2, -0.15) is 0 Å². The van der Waals surface area contributed by atoms with Crippen LogP contribution in [0.5, 0.6) is 0 Å². The molecule has 1 heterocycles. The topological polar surface area (TPSA) is 57.6 Å². The van der Waals surface area contributed by atoms with Gasteiger partial charge in [-0.25, -0.2) is 0 Å². The van der Waals surface area contributed by atoms with Crippen molar-refractivity contribution in [2.75, 3.05) is 19.7 Å². The second-order valence-electron chi connectivity index (χ2n) is 7.44. The number of hydrogen-bond donors (Lipinski definition) is 1. The first kappa shape index (κ1) is 20.7. The van der Waals surface area contributed by atoms with Crippen LogP contribution >= 0.6 is 0 Å². The van der Waals surface area contributed by atoms with Crippen molar-refractivity contribution in [3.8, 4) is 0 Å². The third kappa shape index (κ3) is 5.75. The van der Waals surface area contributed by atoms with Crippen LogP contribution in [-0.2, 0) is 9.59 Å². The molecule has 1 atom stereocenters. The zero-order valence-corrected chi connectivity index (χ0v) is 16.8. The molecule has 0 aromatic heterocycles. The molecule has 1 fully saturated rings. The molecule has 4 heteroatoms. The number of hydrogen-bond acceptors (Lipinski definition) is 3. The highest BCUT2D eigenvalue weighted by Crippen LogP contribution is 2.29. The predicted octanol–water partition coefficient (Wildman–Crippen LogP) is 3.99. The molecule has 0 aliphatic carbocycles. The second kappa shape index (κ2) is 9.99. The van der Waals surface area contributed by atoms with Gasteiger partial charge in [-0.05, 0) is 60.2 Å². The Labute approximate surface area is 172 Å². The van der Waals surface area contributed by atoms with Gasteiger partial charge in [0.1, 0.15) is 6.61 Å². The molecule has 0 bridgehead atoms. The number of piperidine rings is 1. The van der Waals surface area contributed by atoms with Gasteiger partial charge in [-0.15, -0.1) is 0 Å². The van der Waals surface area contributed by atoms with Crippen molar-refractivity contribution in [1.29, 1.82) is 0 Å². The Morgan fingerprint density at radius 3 is 2.52 bits per heavy atom. The monoisotopic (exact) mass is 389 g/mol. The SMILES string of the molecule is Cc1ccccc1C1CCCN(C(=O)/C=C/c2cccc(/C=C/C(=O)CO)c2)C1. The summed E-state index contributed by atoms with van der Waals surface area (Å²) in [6, 6.07) is 16.0. The van der Waals surface area contributed by atoms with E-state index in [0.717, 1.165) is 37.1 Å². The molecule has 1 saturated heterocycles. The molecule has 0 saturated carbocycles. The minimum Gasteiger partial charge on any atom is -0.388 e. The lowest BCUT2D eigenvalue weighted by atomic mass is 9.88. The van der Waals surface area contributed by atoms with Gasteiger partial charge in [0.2, 0.25) is 5.91 Å². The fraction of sp³-hybridized carbons (Fsp3) is 0.280. The number of aliphatic hydroxyl groups excluding tert-OH is 1. The quantitative estimate of drug-likeness (QED) is 0.760. The Hall–Kier alpha value is -2.98. The molecular weight excluding hydrogens is 362 g/mol. The fourth-order valence-electron chi connectivity index (χ4n) is 3.76. The summed E-state index contributed by atoms with van der Waals surface area (Å²) in [6.07, 6.45) is 8.58. The Morgan fingerprint density at radius 2 is 1.79 bits per heavy atom. The maximum Gasteiger partial charge on any atom is 0.246 e. The van der Waals surface area contributed by atoms with Crippen LogP contribution in [-0.4, -0.2) is 41.4 Å². The Kier molecular flexibility index (Phi) is 7.14. The van der Waals surface area contributed by atoms with E-state index in [2.05, 4.69) is 31.2 Å². The molecule has 1 amide bonds. The van der Waals surface area contributed by atoms with Crippen molar-refractivity contribution >= 4 is 23.8 Å². The van der Waals surface area contributed by atoms with E-state index in [9.17, 15) is 9.59 Å². The average Bonchev–Trinajstić information content (AvgIpc) is 2.76. The molecule has 0 radical (unpaired) electrons. The predicted molar refractivity (Wildman–Crippen MR) is 116 cm³/mol. The normalized spacial score (nSPS) is 17.2. The van der Waals surface area contributed by atoms with Crippen molar-refractivity contribution in [3.63, 3.8) is 0 Å². The van der Waals surface area contributed by atoms with Crippen molar-refractivity contribution in [1.82, 2.24) is 4.90 Å². The zero-order chi connectivity index (χ0) is 20.6. The van der Waals surface area contributed by atoms with Crippen LogP contribution in [0.15, 0.2) is 60.7 Å². The fourth-order valence-corrected chi connectivity index (χ4v) is 3.76. The number of rotatable bonds is 6. The van der Waals surface area contributed by atoms with Gasteiger partial charge >= 0.3 is 0 Å². The van der Waals surface area contributed by atoms with Crippen molar-refractivity contribution < 1.29 is 14.7 Å². The molecule has 1 unspecified atom stereocenters. The van der Waals surface area contributed by atoms with Gasteiger partial charge in [-0.1, -0.05) is 48.5 Å². The average molecular weight is 389 g/mol. The maximum atomic E-state index is 12.7. The van der Waals surface area contributed by atoms with Gasteiger partial charge in [-0.3, -0.25) is 9.59 Å². The highest BCUT2D eigenvalue weighted by Gasteiger charge is 2.24. The summed E-state index contributed by atoms with van der Waals surface area (Å²) in [5.74, 6) is 0.0777. The summed E-state index contributed by atoms with van der Waals surface area (Å²) in [5, 5.41) is 8.79. The molecule has 29 heavy (non-hydrogen) atoms. The summed E-state index contributed by atoms with van der Waals surface area (Å²) in [4.78, 5) is 25.9. The molecule has 0 spiro atoms. The highest BCUT2D eigenvalue weighted by molar-refractivity contribution is 5.94. The molecule has 150 valence electrons. The molecule has 1 N–H and O–H groups in total. The molecule has 1 aliphatic rings. The number of carbonyl (C=O) groups is 2. The van der Waals surface area contributed by atoms with Gasteiger partial charge in [0, 0.05) is 25.1 Å². The summed E-state index contributed by atoms with van der Waals surface area (Å²) in [5.41, 5.74) is 4.36. The van der Waals surface area contributed by atoms with Gasteiger partial charge < -0.3 is 10.0 Å². The molecule has 2 aromatic rings. The Morgan fingerprint density at radius 1 is 1.07 bits per heavy atom. The number of carbonyl (C=O) groups excluding carboxylic acids is 2. The molecule has 1 aliphatic heterocycles. The minimum atomic E-state index is -0.496. The maximum absolute atomic E-state index is 12.7. The van der Waals surface area contributed by atoms with Crippen molar-refractivity contribution in [3.05, 3.63) is 82.9 Å². The van der Waals surface area contributed by atoms with E-state index in [0.29, 0.717) is 5.92 Å². The largest absolute Gasteiger partial charge is 0.388 e. The van der Waals surface area contributed by atoms with Crippen molar-refractivity contribution in [2.45, 2.75) is 25.7 Å². The smallest absolute Gasteiger partial charge is 0.246 e. The van der Waals surface area contributed by atoms with E-state index >= 15 is 0 Å². The van der Waals surface area contributed by atoms with E-state index in [-0.39, 0.29) is 11.7 Å². The number of benzene rings is 2. The Balaban J connectivity index is 1.65. The first-order chi connectivity index (χ1) is 14.1. The third-order valence-electron chi connectivity index (χ3n) is 5.31. The minimum absolute atomic E-state index is 0.0275. The Bertz CT molecular complexity index is 929. The summed E-state index contributed by atoms with van der Waals surface area (Å²) >= 11 is 0. The lowest BCUT2D eigenvalue weighted by Crippen LogP contribution is -2.38. The summed E-state index contributed by atoms with van der Waals surface area (Å²) in [7, 11) is 0. The molecule has 4 nitrogen and oxygen atoms in total. The van der Waals surface area contributed by atoms with Crippen LogP contribution < -0.4 is 0 Å². The number of nitrogens with zero attached hydrogens (tertiary/aromatic N) is 1. The van der Waals surface area contributed by atoms with Crippen LogP contribution in [0.3, 0.4) is 0 Å². The number of likely N-dealkylation sites (tertiary alicyclic amines) is 1. The van der Waals surface area contributed by atoms with Crippen LogP contribution in [0.4, 0.5) is 0 Å². The summed E-state index contributed by atoms with van der Waals surface area (Å²) < 4.78 is 0. The standard InChI is InChI=1S/C25H27NO3/c1-19-6-2-3-10-24(19)22-9-5-15-26(17-22)25(29)14-12-21-8-4-7-20(16-21)11-13-23(28)18-27/h2-4,6-8,10-14,16,22,27H,5,9,15,17-18H2,1H3/b13-11+,14-12+. The van der Waals surface area contributed by atoms with Crippen LogP contribution in [0.2, 0.25) is 0 Å². The molecule has 2 aromatic carbocycles. The zero-order valence-electron chi connectivity index (χ0n) is 16.8. The second-order valence-corrected chi connectivity index (χ2v) is 7.44. The first-order valence-corrected chi connectivity index (χ1v) is 10.0. The van der Waals surface area contributed by atoms with E-state index in [1.54, 1.807) is 12.2 Å². The summed E-state index contributed by atoms with van der Waals surface area (Å²) in [6.45, 7) is 3.17. The molecule has 3 rings (SSSR count). The van der Waals surface area contributed by atoms with Crippen LogP contribution in [0, 0.1) is 6.92 Å². The van der Waals surface area contributed by atoms with Crippen LogP contribution in [0.1, 0.15) is 41.0 Å².